The van der Waals surface area contributed by atoms with Crippen LogP contribution in [-0.4, -0.2) is 27.9 Å². The molecule has 0 bridgehead atoms. The topological polar surface area (TPSA) is 128 Å². The minimum Gasteiger partial charge on any atom is -0.393 e. The third-order valence-corrected chi connectivity index (χ3v) is 4.19. The number of nitrogens with two attached hydrogens (primary N) is 1. The van der Waals surface area contributed by atoms with Crippen LogP contribution in [0.2, 0.25) is 0 Å². The summed E-state index contributed by atoms with van der Waals surface area (Å²) in [6.07, 6.45) is -4.40. The van der Waals surface area contributed by atoms with Crippen molar-refractivity contribution in [2.75, 3.05) is 24.2 Å². The summed E-state index contributed by atoms with van der Waals surface area (Å²) in [6.45, 7) is 3.99. The summed E-state index contributed by atoms with van der Waals surface area (Å²) in [5, 5.41) is 24.4. The third kappa shape index (κ3) is 3.49. The Hall–Kier alpha value is -2.63. The largest absolute Gasteiger partial charge is 0.419 e. The molecule has 0 aromatic heterocycles. The summed E-state index contributed by atoms with van der Waals surface area (Å²) in [7, 11) is 0. The van der Waals surface area contributed by atoms with Gasteiger partial charge in [0, 0.05) is 13.1 Å². The van der Waals surface area contributed by atoms with Gasteiger partial charge in [-0.3, -0.25) is 20.2 Å². The summed E-state index contributed by atoms with van der Waals surface area (Å²) in [5.74, 6) is -0.701. The van der Waals surface area contributed by atoms with Crippen LogP contribution in [0.1, 0.15) is 43.7 Å². The van der Waals surface area contributed by atoms with Gasteiger partial charge < -0.3 is 11.2 Å². The summed E-state index contributed by atoms with van der Waals surface area (Å²) in [6, 6.07) is 0. The molecule has 0 unspecified atom stereocenters. The third-order valence-electron chi connectivity index (χ3n) is 4.19. The van der Waals surface area contributed by atoms with Crippen molar-refractivity contribution in [3.05, 3.63) is 31.4 Å². The molecule has 1 saturated carbocycles. The van der Waals surface area contributed by atoms with E-state index in [2.05, 4.69) is 5.43 Å². The summed E-state index contributed by atoms with van der Waals surface area (Å²) in [4.78, 5) is 20.9. The zero-order valence-corrected chi connectivity index (χ0v) is 14.1. The molecule has 0 atom stereocenters. The minimum absolute atomic E-state index is 0.310. The standard InChI is InChI=1S/C14H18F3N5O4/c1-3-20(4-2)19-11-12(21(23)24)8(7-5-6-7)9(14(15,16)17)10(18)13(11)22(25)26/h7,19H,3-6,18H2,1-2H3. The van der Waals surface area contributed by atoms with Crippen LogP contribution in [0.25, 0.3) is 0 Å². The highest BCUT2D eigenvalue weighted by atomic mass is 19.4. The fraction of sp³-hybridized carbons (Fsp3) is 0.571. The molecule has 144 valence electrons. The normalized spacial score (nSPS) is 14.5. The van der Waals surface area contributed by atoms with Crippen LogP contribution in [0.5, 0.6) is 0 Å². The molecule has 1 aromatic rings. The van der Waals surface area contributed by atoms with Crippen molar-refractivity contribution < 1.29 is 23.0 Å². The molecule has 0 radical (unpaired) electrons. The van der Waals surface area contributed by atoms with Crippen LogP contribution < -0.4 is 11.2 Å². The number of hydrazine groups is 1. The Kier molecular flexibility index (Phi) is 5.26. The molecule has 1 aromatic carbocycles. The molecule has 0 saturated heterocycles. The van der Waals surface area contributed by atoms with Crippen molar-refractivity contribution in [2.24, 2.45) is 0 Å². The van der Waals surface area contributed by atoms with Gasteiger partial charge in [0.15, 0.2) is 0 Å². The molecule has 26 heavy (non-hydrogen) atoms. The second-order valence-electron chi connectivity index (χ2n) is 5.84. The van der Waals surface area contributed by atoms with E-state index in [1.807, 2.05) is 0 Å². The quantitative estimate of drug-likeness (QED) is 0.422. The molecule has 0 spiro atoms. The number of nitrogens with one attached hydrogen (secondary N) is 1. The lowest BCUT2D eigenvalue weighted by molar-refractivity contribution is -0.392. The Labute approximate surface area is 146 Å². The van der Waals surface area contributed by atoms with Crippen LogP contribution >= 0.6 is 0 Å². The van der Waals surface area contributed by atoms with Gasteiger partial charge >= 0.3 is 17.6 Å². The lowest BCUT2D eigenvalue weighted by Gasteiger charge is -2.23. The van der Waals surface area contributed by atoms with Gasteiger partial charge in [-0.05, 0) is 18.8 Å². The van der Waals surface area contributed by atoms with E-state index in [0.29, 0.717) is 25.9 Å². The fourth-order valence-corrected chi connectivity index (χ4v) is 2.86. The molecule has 0 aliphatic heterocycles. The van der Waals surface area contributed by atoms with E-state index >= 15 is 0 Å². The molecule has 0 amide bonds. The van der Waals surface area contributed by atoms with Crippen LogP contribution in [-0.2, 0) is 6.18 Å². The van der Waals surface area contributed by atoms with Crippen molar-refractivity contribution in [3.63, 3.8) is 0 Å². The van der Waals surface area contributed by atoms with Crippen molar-refractivity contribution in [1.29, 1.82) is 0 Å². The van der Waals surface area contributed by atoms with Crippen molar-refractivity contribution in [3.8, 4) is 0 Å². The minimum atomic E-state index is -5.05. The van der Waals surface area contributed by atoms with Crippen LogP contribution in [0, 0.1) is 20.2 Å². The Balaban J connectivity index is 2.93. The summed E-state index contributed by atoms with van der Waals surface area (Å²) < 4.78 is 40.7. The zero-order valence-electron chi connectivity index (χ0n) is 14.1. The van der Waals surface area contributed by atoms with Crippen LogP contribution in [0.3, 0.4) is 0 Å². The average Bonchev–Trinajstić information content (AvgIpc) is 3.34. The Morgan fingerprint density at radius 1 is 1.15 bits per heavy atom. The SMILES string of the molecule is CCN(CC)Nc1c([N+](=O)[O-])c(N)c(C(F)(F)F)c(C2CC2)c1[N+](=O)[O-]. The van der Waals surface area contributed by atoms with E-state index in [0.717, 1.165) is 0 Å². The molecule has 1 aliphatic carbocycles. The van der Waals surface area contributed by atoms with E-state index in [-0.39, 0.29) is 0 Å². The highest BCUT2D eigenvalue weighted by Gasteiger charge is 2.49. The molecule has 9 nitrogen and oxygen atoms in total. The van der Waals surface area contributed by atoms with Crippen molar-refractivity contribution >= 4 is 22.7 Å². The number of halogens is 3. The van der Waals surface area contributed by atoms with Crippen molar-refractivity contribution in [1.82, 2.24) is 5.01 Å². The molecule has 1 aliphatic rings. The highest BCUT2D eigenvalue weighted by Crippen LogP contribution is 2.57. The number of benzene rings is 1. The number of rotatable bonds is 7. The molecule has 3 N–H and O–H groups in total. The fourth-order valence-electron chi connectivity index (χ4n) is 2.86. The van der Waals surface area contributed by atoms with Crippen molar-refractivity contribution in [2.45, 2.75) is 38.8 Å². The van der Waals surface area contributed by atoms with Gasteiger partial charge in [-0.1, -0.05) is 13.8 Å². The van der Waals surface area contributed by atoms with Gasteiger partial charge in [-0.15, -0.1) is 0 Å². The number of alkyl halides is 3. The average molecular weight is 377 g/mol. The number of nitrogens with zero attached hydrogens (tertiary/aromatic N) is 3. The van der Waals surface area contributed by atoms with E-state index in [1.165, 1.54) is 5.01 Å². The van der Waals surface area contributed by atoms with E-state index < -0.39 is 55.8 Å². The van der Waals surface area contributed by atoms with Gasteiger partial charge in [-0.25, -0.2) is 5.01 Å². The first-order valence-corrected chi connectivity index (χ1v) is 7.91. The molecular formula is C14H18F3N5O4. The summed E-state index contributed by atoms with van der Waals surface area (Å²) >= 11 is 0. The maximum absolute atomic E-state index is 13.6. The van der Waals surface area contributed by atoms with Gasteiger partial charge in [0.1, 0.15) is 5.69 Å². The monoisotopic (exact) mass is 377 g/mol. The maximum Gasteiger partial charge on any atom is 0.419 e. The number of nitro benzene ring substituents is 2. The Morgan fingerprint density at radius 3 is 2.00 bits per heavy atom. The molecule has 2 rings (SSSR count). The van der Waals surface area contributed by atoms with E-state index in [9.17, 15) is 33.4 Å². The summed E-state index contributed by atoms with van der Waals surface area (Å²) in [5.41, 5.74) is 2.18. The Bertz CT molecular complexity index is 745. The predicted molar refractivity (Wildman–Crippen MR) is 87.7 cm³/mol. The van der Waals surface area contributed by atoms with Crippen LogP contribution in [0.4, 0.5) is 35.9 Å². The van der Waals surface area contributed by atoms with Gasteiger partial charge in [0.25, 0.3) is 0 Å². The van der Waals surface area contributed by atoms with Gasteiger partial charge in [0.2, 0.25) is 5.69 Å². The molecule has 12 heteroatoms. The lowest BCUT2D eigenvalue weighted by Crippen LogP contribution is -2.31. The zero-order chi connectivity index (χ0) is 19.8. The van der Waals surface area contributed by atoms with Gasteiger partial charge in [0.05, 0.1) is 21.0 Å². The first-order chi connectivity index (χ1) is 12.0. The molecule has 1 fully saturated rings. The highest BCUT2D eigenvalue weighted by molar-refractivity contribution is 5.88. The number of nitrogen functional groups attached to an aromatic ring is 1. The number of hydrogen-bond acceptors (Lipinski definition) is 7. The second-order valence-corrected chi connectivity index (χ2v) is 5.84. The first-order valence-electron chi connectivity index (χ1n) is 7.91. The van der Waals surface area contributed by atoms with Gasteiger partial charge in [-0.2, -0.15) is 13.2 Å². The van der Waals surface area contributed by atoms with E-state index in [1.54, 1.807) is 13.8 Å². The number of hydrogen-bond donors (Lipinski definition) is 2. The number of anilines is 2. The van der Waals surface area contributed by atoms with E-state index in [4.69, 9.17) is 5.73 Å². The smallest absolute Gasteiger partial charge is 0.393 e. The first kappa shape index (κ1) is 19.7. The molecule has 0 heterocycles. The predicted octanol–water partition coefficient (Wildman–Crippen LogP) is 3.65. The maximum atomic E-state index is 13.6. The second kappa shape index (κ2) is 6.94. The lowest BCUT2D eigenvalue weighted by atomic mass is 9.95. The Morgan fingerprint density at radius 2 is 1.65 bits per heavy atom. The molecular weight excluding hydrogens is 359 g/mol. The van der Waals surface area contributed by atoms with Crippen LogP contribution in [0.15, 0.2) is 0 Å². The number of nitro groups is 2.